The molecule has 0 atom stereocenters. The average molecular weight is 376 g/mol. The first-order valence-electron chi connectivity index (χ1n) is 7.92. The number of halogens is 1. The molecule has 2 nitrogen and oxygen atoms in total. The van der Waals surface area contributed by atoms with E-state index >= 15 is 0 Å². The molecule has 1 aliphatic heterocycles. The highest BCUT2D eigenvalue weighted by molar-refractivity contribution is 9.10. The molecule has 0 spiro atoms. The van der Waals surface area contributed by atoms with Gasteiger partial charge in [0, 0.05) is 15.2 Å². The molecule has 0 fully saturated rings. The SMILES string of the molecule is Brc1ccc2ccccc2c1N1COc2cccc3cccc1c23. The Morgan fingerprint density at radius 1 is 0.792 bits per heavy atom. The number of ether oxygens (including phenoxy) is 1. The second-order valence-corrected chi connectivity index (χ2v) is 6.80. The van der Waals surface area contributed by atoms with E-state index in [-0.39, 0.29) is 0 Å². The summed E-state index contributed by atoms with van der Waals surface area (Å²) in [5.74, 6) is 0.954. The lowest BCUT2D eigenvalue weighted by Gasteiger charge is -2.32. The second kappa shape index (κ2) is 5.25. The van der Waals surface area contributed by atoms with Crippen molar-refractivity contribution >= 4 is 48.8 Å². The van der Waals surface area contributed by atoms with E-state index in [1.165, 1.54) is 27.2 Å². The molecule has 4 aromatic rings. The smallest absolute Gasteiger partial charge is 0.165 e. The zero-order chi connectivity index (χ0) is 16.1. The molecule has 0 saturated heterocycles. The van der Waals surface area contributed by atoms with Crippen LogP contribution in [-0.2, 0) is 0 Å². The predicted molar refractivity (Wildman–Crippen MR) is 103 cm³/mol. The Morgan fingerprint density at radius 2 is 1.58 bits per heavy atom. The molecule has 0 N–H and O–H groups in total. The lowest BCUT2D eigenvalue weighted by atomic mass is 10.0. The van der Waals surface area contributed by atoms with Crippen molar-refractivity contribution in [3.05, 3.63) is 77.3 Å². The number of nitrogens with zero attached hydrogens (tertiary/aromatic N) is 1. The zero-order valence-electron chi connectivity index (χ0n) is 12.9. The minimum Gasteiger partial charge on any atom is -0.472 e. The van der Waals surface area contributed by atoms with Crippen molar-refractivity contribution in [1.29, 1.82) is 0 Å². The molecule has 0 radical (unpaired) electrons. The zero-order valence-corrected chi connectivity index (χ0v) is 14.5. The van der Waals surface area contributed by atoms with E-state index in [4.69, 9.17) is 4.74 Å². The van der Waals surface area contributed by atoms with E-state index in [2.05, 4.69) is 81.5 Å². The quantitative estimate of drug-likeness (QED) is 0.390. The van der Waals surface area contributed by atoms with Gasteiger partial charge in [0.05, 0.1) is 11.4 Å². The third kappa shape index (κ3) is 1.95. The standard InChI is InChI=1S/C21H14BrNO/c22-17-12-11-14-5-1-2-8-16(14)21(17)23-13-24-19-10-4-7-15-6-3-9-18(23)20(15)19/h1-12H,13H2. The molecule has 4 aromatic carbocycles. The molecule has 116 valence electrons. The first-order valence-corrected chi connectivity index (χ1v) is 8.71. The number of hydrogen-bond acceptors (Lipinski definition) is 2. The van der Waals surface area contributed by atoms with Crippen molar-refractivity contribution in [3.8, 4) is 5.75 Å². The fraction of sp³-hybridized carbons (Fsp3) is 0.0476. The molecular formula is C21H14BrNO. The fourth-order valence-corrected chi connectivity index (χ4v) is 4.08. The van der Waals surface area contributed by atoms with E-state index in [0.29, 0.717) is 6.73 Å². The first-order chi connectivity index (χ1) is 11.8. The number of benzene rings is 4. The Bertz CT molecular complexity index is 1080. The summed E-state index contributed by atoms with van der Waals surface area (Å²) >= 11 is 3.74. The van der Waals surface area contributed by atoms with Crippen LogP contribution in [0.1, 0.15) is 0 Å². The van der Waals surface area contributed by atoms with Crippen LogP contribution < -0.4 is 9.64 Å². The van der Waals surface area contributed by atoms with Gasteiger partial charge in [0.2, 0.25) is 0 Å². The number of anilines is 2. The Hall–Kier alpha value is -2.52. The number of fused-ring (bicyclic) bond motifs is 1. The number of hydrogen-bond donors (Lipinski definition) is 0. The molecule has 24 heavy (non-hydrogen) atoms. The summed E-state index contributed by atoms with van der Waals surface area (Å²) in [6.07, 6.45) is 0. The molecule has 0 aromatic heterocycles. The van der Waals surface area contributed by atoms with Crippen LogP contribution in [0.25, 0.3) is 21.5 Å². The Labute approximate surface area is 148 Å². The summed E-state index contributed by atoms with van der Waals surface area (Å²) in [5, 5.41) is 4.81. The van der Waals surface area contributed by atoms with Crippen LogP contribution in [0.2, 0.25) is 0 Å². The van der Waals surface area contributed by atoms with E-state index in [0.717, 1.165) is 15.9 Å². The van der Waals surface area contributed by atoms with Gasteiger partial charge in [0.15, 0.2) is 6.73 Å². The van der Waals surface area contributed by atoms with Crippen molar-refractivity contribution in [1.82, 2.24) is 0 Å². The van der Waals surface area contributed by atoms with E-state index in [9.17, 15) is 0 Å². The maximum Gasteiger partial charge on any atom is 0.165 e. The maximum absolute atomic E-state index is 6.07. The topological polar surface area (TPSA) is 12.5 Å². The summed E-state index contributed by atoms with van der Waals surface area (Å²) < 4.78 is 7.14. The summed E-state index contributed by atoms with van der Waals surface area (Å²) in [5.41, 5.74) is 2.33. The Morgan fingerprint density at radius 3 is 2.50 bits per heavy atom. The molecule has 0 saturated carbocycles. The summed E-state index contributed by atoms with van der Waals surface area (Å²) in [6, 6.07) is 25.3. The second-order valence-electron chi connectivity index (χ2n) is 5.95. The van der Waals surface area contributed by atoms with Crippen molar-refractivity contribution in [2.45, 2.75) is 0 Å². The number of rotatable bonds is 1. The average Bonchev–Trinajstić information content (AvgIpc) is 2.63. The summed E-state index contributed by atoms with van der Waals surface area (Å²) in [7, 11) is 0. The van der Waals surface area contributed by atoms with Gasteiger partial charge in [-0.1, -0.05) is 54.6 Å². The molecule has 0 bridgehead atoms. The largest absolute Gasteiger partial charge is 0.472 e. The van der Waals surface area contributed by atoms with Gasteiger partial charge in [0.1, 0.15) is 5.75 Å². The Kier molecular flexibility index (Phi) is 3.03. The molecule has 0 aliphatic carbocycles. The Balaban J connectivity index is 1.84. The molecule has 0 unspecified atom stereocenters. The highest BCUT2D eigenvalue weighted by Gasteiger charge is 2.23. The fourth-order valence-electron chi connectivity index (χ4n) is 3.52. The molecule has 3 heteroatoms. The van der Waals surface area contributed by atoms with Gasteiger partial charge < -0.3 is 9.64 Å². The van der Waals surface area contributed by atoms with Gasteiger partial charge in [-0.05, 0) is 44.9 Å². The van der Waals surface area contributed by atoms with Gasteiger partial charge >= 0.3 is 0 Å². The van der Waals surface area contributed by atoms with Gasteiger partial charge in [-0.25, -0.2) is 0 Å². The highest BCUT2D eigenvalue weighted by atomic mass is 79.9. The summed E-state index contributed by atoms with van der Waals surface area (Å²) in [6.45, 7) is 0.503. The van der Waals surface area contributed by atoms with E-state index in [1.807, 2.05) is 12.1 Å². The lowest BCUT2D eigenvalue weighted by molar-refractivity contribution is 0.325. The van der Waals surface area contributed by atoms with Gasteiger partial charge in [-0.2, -0.15) is 0 Å². The minimum atomic E-state index is 0.503. The minimum absolute atomic E-state index is 0.503. The normalized spacial score (nSPS) is 13.3. The summed E-state index contributed by atoms with van der Waals surface area (Å²) in [4.78, 5) is 2.25. The molecule has 5 rings (SSSR count). The van der Waals surface area contributed by atoms with Crippen molar-refractivity contribution in [3.63, 3.8) is 0 Å². The van der Waals surface area contributed by atoms with Crippen LogP contribution in [-0.4, -0.2) is 6.73 Å². The van der Waals surface area contributed by atoms with Crippen molar-refractivity contribution in [2.24, 2.45) is 0 Å². The van der Waals surface area contributed by atoms with E-state index < -0.39 is 0 Å². The predicted octanol–water partition coefficient (Wildman–Crippen LogP) is 6.24. The van der Waals surface area contributed by atoms with Gasteiger partial charge in [-0.3, -0.25) is 0 Å². The van der Waals surface area contributed by atoms with Gasteiger partial charge in [0.25, 0.3) is 0 Å². The monoisotopic (exact) mass is 375 g/mol. The van der Waals surface area contributed by atoms with Crippen LogP contribution in [0.5, 0.6) is 5.75 Å². The first kappa shape index (κ1) is 13.9. The van der Waals surface area contributed by atoms with Crippen molar-refractivity contribution < 1.29 is 4.74 Å². The van der Waals surface area contributed by atoms with Crippen LogP contribution in [0.3, 0.4) is 0 Å². The molecular weight excluding hydrogens is 362 g/mol. The van der Waals surface area contributed by atoms with Crippen molar-refractivity contribution in [2.75, 3.05) is 11.6 Å². The molecule has 0 amide bonds. The maximum atomic E-state index is 6.07. The van der Waals surface area contributed by atoms with Crippen LogP contribution in [0, 0.1) is 0 Å². The third-order valence-corrected chi connectivity index (χ3v) is 5.25. The van der Waals surface area contributed by atoms with Crippen LogP contribution in [0.15, 0.2) is 77.3 Å². The lowest BCUT2D eigenvalue weighted by Crippen LogP contribution is -2.26. The highest BCUT2D eigenvalue weighted by Crippen LogP contribution is 2.45. The van der Waals surface area contributed by atoms with Gasteiger partial charge in [-0.15, -0.1) is 0 Å². The van der Waals surface area contributed by atoms with E-state index in [1.54, 1.807) is 0 Å². The van der Waals surface area contributed by atoms with Crippen LogP contribution in [0.4, 0.5) is 11.4 Å². The molecule has 1 heterocycles. The molecule has 1 aliphatic rings. The third-order valence-electron chi connectivity index (χ3n) is 4.61. The van der Waals surface area contributed by atoms with Crippen LogP contribution >= 0.6 is 15.9 Å².